The van der Waals surface area contributed by atoms with Crippen LogP contribution in [0, 0.1) is 6.92 Å². The van der Waals surface area contributed by atoms with Crippen LogP contribution in [0.25, 0.3) is 0 Å². The van der Waals surface area contributed by atoms with Crippen LogP contribution < -0.4 is 9.62 Å². The number of benzene rings is 2. The lowest BCUT2D eigenvalue weighted by Crippen LogP contribution is -2.43. The molecule has 5 nitrogen and oxygen atoms in total. The van der Waals surface area contributed by atoms with Crippen molar-refractivity contribution in [2.75, 3.05) is 10.8 Å². The van der Waals surface area contributed by atoms with Crippen LogP contribution >= 0.6 is 11.6 Å². The SMILES string of the molecule is CCC(C)NC(=O)CN(c1ccccc1Cl)S(=O)(=O)c1ccc(C)cc1. The van der Waals surface area contributed by atoms with Crippen LogP contribution in [-0.2, 0) is 14.8 Å². The summed E-state index contributed by atoms with van der Waals surface area (Å²) < 4.78 is 27.4. The normalized spacial score (nSPS) is 12.5. The van der Waals surface area contributed by atoms with Crippen LogP contribution in [0.15, 0.2) is 53.4 Å². The number of amides is 1. The Morgan fingerprint density at radius 2 is 1.77 bits per heavy atom. The molecule has 26 heavy (non-hydrogen) atoms. The Morgan fingerprint density at radius 3 is 2.35 bits per heavy atom. The summed E-state index contributed by atoms with van der Waals surface area (Å²) in [6.45, 7) is 5.35. The number of rotatable bonds is 7. The molecule has 2 aromatic carbocycles. The number of hydrogen-bond donors (Lipinski definition) is 1. The Kier molecular flexibility index (Phi) is 6.67. The van der Waals surface area contributed by atoms with Gasteiger partial charge in [0, 0.05) is 6.04 Å². The van der Waals surface area contributed by atoms with Gasteiger partial charge in [-0.05, 0) is 44.5 Å². The van der Waals surface area contributed by atoms with E-state index in [1.807, 2.05) is 20.8 Å². The van der Waals surface area contributed by atoms with Crippen molar-refractivity contribution < 1.29 is 13.2 Å². The maximum absolute atomic E-state index is 13.2. The van der Waals surface area contributed by atoms with E-state index in [0.29, 0.717) is 0 Å². The number of nitrogens with zero attached hydrogens (tertiary/aromatic N) is 1. The van der Waals surface area contributed by atoms with Crippen LogP contribution in [-0.4, -0.2) is 26.9 Å². The molecular weight excluding hydrogens is 372 g/mol. The molecule has 0 radical (unpaired) electrons. The first-order valence-corrected chi connectivity index (χ1v) is 10.2. The predicted octanol–water partition coefficient (Wildman–Crippen LogP) is 3.76. The Balaban J connectivity index is 2.45. The second-order valence-electron chi connectivity index (χ2n) is 6.15. The van der Waals surface area contributed by atoms with Gasteiger partial charge in [0.25, 0.3) is 10.0 Å². The van der Waals surface area contributed by atoms with E-state index in [-0.39, 0.29) is 34.1 Å². The minimum absolute atomic E-state index is 0.0438. The highest BCUT2D eigenvalue weighted by Crippen LogP contribution is 2.30. The number of halogens is 1. The monoisotopic (exact) mass is 394 g/mol. The van der Waals surface area contributed by atoms with Crippen molar-refractivity contribution in [1.29, 1.82) is 0 Å². The summed E-state index contributed by atoms with van der Waals surface area (Å²) in [5.74, 6) is -0.380. The molecule has 1 amide bonds. The van der Waals surface area contributed by atoms with Crippen LogP contribution in [0.2, 0.25) is 5.02 Å². The molecule has 0 saturated carbocycles. The molecule has 0 aliphatic carbocycles. The number of aryl methyl sites for hydroxylation is 1. The Hall–Kier alpha value is -2.05. The van der Waals surface area contributed by atoms with Gasteiger partial charge >= 0.3 is 0 Å². The molecule has 0 aromatic heterocycles. The largest absolute Gasteiger partial charge is 0.352 e. The van der Waals surface area contributed by atoms with Gasteiger partial charge in [-0.3, -0.25) is 9.10 Å². The molecule has 2 rings (SSSR count). The molecule has 0 fully saturated rings. The van der Waals surface area contributed by atoms with E-state index in [4.69, 9.17) is 11.6 Å². The number of carbonyl (C=O) groups excluding carboxylic acids is 1. The highest BCUT2D eigenvalue weighted by molar-refractivity contribution is 7.92. The zero-order valence-electron chi connectivity index (χ0n) is 15.1. The third-order valence-corrected chi connectivity index (χ3v) is 6.13. The second kappa shape index (κ2) is 8.56. The minimum Gasteiger partial charge on any atom is -0.352 e. The van der Waals surface area contributed by atoms with Gasteiger partial charge in [-0.1, -0.05) is 48.4 Å². The van der Waals surface area contributed by atoms with Gasteiger partial charge < -0.3 is 5.32 Å². The molecule has 0 saturated heterocycles. The number of sulfonamides is 1. The quantitative estimate of drug-likeness (QED) is 0.777. The van der Waals surface area contributed by atoms with Gasteiger partial charge in [0.15, 0.2) is 0 Å². The van der Waals surface area contributed by atoms with Crippen LogP contribution in [0.5, 0.6) is 0 Å². The first-order chi connectivity index (χ1) is 12.3. The minimum atomic E-state index is -3.94. The van der Waals surface area contributed by atoms with Gasteiger partial charge in [0.1, 0.15) is 6.54 Å². The van der Waals surface area contributed by atoms with Crippen molar-refractivity contribution in [3.63, 3.8) is 0 Å². The zero-order valence-corrected chi connectivity index (χ0v) is 16.6. The highest BCUT2D eigenvalue weighted by Gasteiger charge is 2.28. The van der Waals surface area contributed by atoms with Crippen molar-refractivity contribution >= 4 is 33.2 Å². The molecule has 0 spiro atoms. The lowest BCUT2D eigenvalue weighted by atomic mass is 10.2. The molecule has 1 N–H and O–H groups in total. The van der Waals surface area contributed by atoms with Gasteiger partial charge in [-0.2, -0.15) is 0 Å². The van der Waals surface area contributed by atoms with E-state index in [0.717, 1.165) is 16.3 Å². The smallest absolute Gasteiger partial charge is 0.264 e. The summed E-state index contributed by atoms with van der Waals surface area (Å²) in [7, 11) is -3.94. The number of carbonyl (C=O) groups is 1. The van der Waals surface area contributed by atoms with E-state index in [2.05, 4.69) is 5.32 Å². The van der Waals surface area contributed by atoms with E-state index < -0.39 is 10.0 Å². The predicted molar refractivity (Wildman–Crippen MR) is 105 cm³/mol. The van der Waals surface area contributed by atoms with Crippen LogP contribution in [0.3, 0.4) is 0 Å². The van der Waals surface area contributed by atoms with Crippen molar-refractivity contribution in [3.05, 3.63) is 59.1 Å². The summed E-state index contributed by atoms with van der Waals surface area (Å²) in [6.07, 6.45) is 0.753. The third-order valence-electron chi connectivity index (χ3n) is 4.04. The van der Waals surface area contributed by atoms with Gasteiger partial charge in [0.2, 0.25) is 5.91 Å². The topological polar surface area (TPSA) is 66.5 Å². The maximum Gasteiger partial charge on any atom is 0.264 e. The summed E-state index contributed by atoms with van der Waals surface area (Å²) in [5, 5.41) is 3.06. The summed E-state index contributed by atoms with van der Waals surface area (Å²) in [6, 6.07) is 13.0. The molecule has 7 heteroatoms. The fourth-order valence-electron chi connectivity index (χ4n) is 2.34. The van der Waals surface area contributed by atoms with E-state index >= 15 is 0 Å². The molecule has 2 aromatic rings. The molecule has 1 unspecified atom stereocenters. The highest BCUT2D eigenvalue weighted by atomic mass is 35.5. The fraction of sp³-hybridized carbons (Fsp3) is 0.316. The molecule has 0 bridgehead atoms. The average Bonchev–Trinajstić information content (AvgIpc) is 2.60. The number of para-hydroxylation sites is 1. The molecule has 1 atom stereocenters. The lowest BCUT2D eigenvalue weighted by molar-refractivity contribution is -0.120. The molecular formula is C19H23ClN2O3S. The first kappa shape index (κ1) is 20.3. The lowest BCUT2D eigenvalue weighted by Gasteiger charge is -2.25. The molecule has 0 aliphatic heterocycles. The van der Waals surface area contributed by atoms with Crippen LogP contribution in [0.1, 0.15) is 25.8 Å². The molecule has 0 heterocycles. The van der Waals surface area contributed by atoms with Gasteiger partial charge in [0.05, 0.1) is 15.6 Å². The average molecular weight is 395 g/mol. The third kappa shape index (κ3) is 4.77. The van der Waals surface area contributed by atoms with Crippen molar-refractivity contribution in [2.24, 2.45) is 0 Å². The van der Waals surface area contributed by atoms with E-state index in [9.17, 15) is 13.2 Å². The molecule has 140 valence electrons. The second-order valence-corrected chi connectivity index (χ2v) is 8.42. The molecule has 0 aliphatic rings. The summed E-state index contributed by atoms with van der Waals surface area (Å²) in [4.78, 5) is 12.5. The Labute approximate surface area is 160 Å². The number of nitrogens with one attached hydrogen (secondary N) is 1. The van der Waals surface area contributed by atoms with Crippen molar-refractivity contribution in [2.45, 2.75) is 38.1 Å². The van der Waals surface area contributed by atoms with Gasteiger partial charge in [-0.15, -0.1) is 0 Å². The van der Waals surface area contributed by atoms with Crippen molar-refractivity contribution in [1.82, 2.24) is 5.32 Å². The fourth-order valence-corrected chi connectivity index (χ4v) is 4.07. The van der Waals surface area contributed by atoms with Gasteiger partial charge in [-0.25, -0.2) is 8.42 Å². The first-order valence-electron chi connectivity index (χ1n) is 8.39. The summed E-state index contributed by atoms with van der Waals surface area (Å²) in [5.41, 5.74) is 1.22. The standard InChI is InChI=1S/C19H23ClN2O3S/c1-4-15(3)21-19(23)13-22(18-8-6-5-7-17(18)20)26(24,25)16-11-9-14(2)10-12-16/h5-12,15H,4,13H2,1-3H3,(H,21,23). The number of anilines is 1. The van der Waals surface area contributed by atoms with E-state index in [1.54, 1.807) is 36.4 Å². The van der Waals surface area contributed by atoms with Crippen molar-refractivity contribution in [3.8, 4) is 0 Å². The zero-order chi connectivity index (χ0) is 19.3. The van der Waals surface area contributed by atoms with Crippen LogP contribution in [0.4, 0.5) is 5.69 Å². The summed E-state index contributed by atoms with van der Waals surface area (Å²) >= 11 is 6.22. The Bertz CT molecular complexity index is 867. The maximum atomic E-state index is 13.2. The van der Waals surface area contributed by atoms with E-state index in [1.165, 1.54) is 12.1 Å². The Morgan fingerprint density at radius 1 is 1.15 bits per heavy atom. The number of hydrogen-bond acceptors (Lipinski definition) is 3.